The van der Waals surface area contributed by atoms with Gasteiger partial charge in [0.15, 0.2) is 6.10 Å². The third kappa shape index (κ3) is 27.2. The topological polar surface area (TPSA) is 72.8 Å². The van der Waals surface area contributed by atoms with E-state index >= 15 is 0 Å². The van der Waals surface area contributed by atoms with Gasteiger partial charge in [-0.25, -0.2) is 0 Å². The average Bonchev–Trinajstić information content (AvgIpc) is 2.90. The molecule has 0 aromatic rings. The number of esters is 2. The molecule has 0 heterocycles. The second-order valence-corrected chi connectivity index (χ2v) is 10.2. The third-order valence-electron chi connectivity index (χ3n) is 6.51. The Kier molecular flexibility index (Phi) is 27.7. The fourth-order valence-corrected chi connectivity index (χ4v) is 4.13. The molecular formula is C32H58O5. The van der Waals surface area contributed by atoms with Crippen LogP contribution in [-0.2, 0) is 19.1 Å². The summed E-state index contributed by atoms with van der Waals surface area (Å²) in [5.41, 5.74) is 0. The van der Waals surface area contributed by atoms with Crippen molar-refractivity contribution in [3.8, 4) is 0 Å². The molecule has 5 heteroatoms. The Hall–Kier alpha value is -1.62. The lowest BCUT2D eigenvalue weighted by Crippen LogP contribution is -2.28. The molecule has 1 N–H and O–H groups in total. The molecule has 216 valence electrons. The van der Waals surface area contributed by atoms with E-state index < -0.39 is 6.10 Å². The Labute approximate surface area is 228 Å². The molecule has 0 bridgehead atoms. The Morgan fingerprint density at radius 2 is 1.14 bits per heavy atom. The van der Waals surface area contributed by atoms with E-state index in [1.807, 2.05) is 6.08 Å². The third-order valence-corrected chi connectivity index (χ3v) is 6.51. The van der Waals surface area contributed by atoms with Crippen molar-refractivity contribution in [2.75, 3.05) is 13.2 Å². The molecule has 0 aliphatic rings. The van der Waals surface area contributed by atoms with E-state index in [0.29, 0.717) is 12.8 Å². The van der Waals surface area contributed by atoms with Crippen LogP contribution >= 0.6 is 0 Å². The van der Waals surface area contributed by atoms with Gasteiger partial charge in [-0.15, -0.1) is 0 Å². The van der Waals surface area contributed by atoms with E-state index in [4.69, 9.17) is 9.47 Å². The van der Waals surface area contributed by atoms with Crippen LogP contribution < -0.4 is 0 Å². The molecule has 0 radical (unpaired) electrons. The van der Waals surface area contributed by atoms with Crippen LogP contribution in [0.1, 0.15) is 149 Å². The minimum atomic E-state index is -0.785. The van der Waals surface area contributed by atoms with Crippen LogP contribution in [0.15, 0.2) is 24.3 Å². The number of unbranched alkanes of at least 4 members (excludes halogenated alkanes) is 15. The lowest BCUT2D eigenvalue weighted by molar-refractivity contribution is -0.161. The zero-order valence-electron chi connectivity index (χ0n) is 24.2. The molecular weight excluding hydrogens is 464 g/mol. The van der Waals surface area contributed by atoms with E-state index in [1.165, 1.54) is 83.5 Å². The summed E-state index contributed by atoms with van der Waals surface area (Å²) < 4.78 is 10.5. The first-order chi connectivity index (χ1) is 18.1. The van der Waals surface area contributed by atoms with Crippen LogP contribution in [0, 0.1) is 0 Å². The molecule has 1 unspecified atom stereocenters. The molecule has 0 aliphatic heterocycles. The van der Waals surface area contributed by atoms with E-state index in [9.17, 15) is 14.7 Å². The molecule has 0 saturated carbocycles. The number of ether oxygens (including phenoxy) is 2. The van der Waals surface area contributed by atoms with Gasteiger partial charge in [-0.05, 0) is 32.1 Å². The number of aliphatic hydroxyl groups excluding tert-OH is 1. The van der Waals surface area contributed by atoms with Crippen molar-refractivity contribution in [1.29, 1.82) is 0 Å². The summed E-state index contributed by atoms with van der Waals surface area (Å²) in [6.45, 7) is 4.04. The maximum Gasteiger partial charge on any atom is 0.306 e. The zero-order chi connectivity index (χ0) is 27.2. The first-order valence-electron chi connectivity index (χ1n) is 15.4. The molecule has 1 atom stereocenters. The van der Waals surface area contributed by atoms with Gasteiger partial charge < -0.3 is 14.6 Å². The fourth-order valence-electron chi connectivity index (χ4n) is 4.13. The van der Waals surface area contributed by atoms with Crippen LogP contribution in [0.25, 0.3) is 0 Å². The summed E-state index contributed by atoms with van der Waals surface area (Å²) >= 11 is 0. The van der Waals surface area contributed by atoms with E-state index in [0.717, 1.165) is 32.1 Å². The van der Waals surface area contributed by atoms with Crippen LogP contribution in [0.2, 0.25) is 0 Å². The number of carbonyl (C=O) groups is 2. The molecule has 0 amide bonds. The maximum atomic E-state index is 12.0. The van der Waals surface area contributed by atoms with Crippen molar-refractivity contribution in [1.82, 2.24) is 0 Å². The number of rotatable bonds is 27. The van der Waals surface area contributed by atoms with Crippen molar-refractivity contribution in [3.05, 3.63) is 24.3 Å². The summed E-state index contributed by atoms with van der Waals surface area (Å²) in [6.07, 6.45) is 31.0. The van der Waals surface area contributed by atoms with Gasteiger partial charge in [0.05, 0.1) is 6.61 Å². The summed E-state index contributed by atoms with van der Waals surface area (Å²) in [5.74, 6) is -0.672. The van der Waals surface area contributed by atoms with Gasteiger partial charge in [-0.1, -0.05) is 128 Å². The standard InChI is InChI=1S/C32H58O5/c1-3-5-7-9-11-13-15-16-17-19-20-22-24-26-31(34)36-29-30(28-33)37-32(35)27-25-23-21-18-14-12-10-8-6-4-2/h16-17,20,22,30,33H,3-15,18-19,21,23-29H2,1-2H3/b17-16+,22-20+. The van der Waals surface area contributed by atoms with Crippen molar-refractivity contribution < 1.29 is 24.2 Å². The van der Waals surface area contributed by atoms with Crippen LogP contribution in [0.5, 0.6) is 0 Å². The number of carbonyl (C=O) groups excluding carboxylic acids is 2. The maximum absolute atomic E-state index is 12.0. The highest BCUT2D eigenvalue weighted by molar-refractivity contribution is 5.70. The number of hydrogen-bond donors (Lipinski definition) is 1. The summed E-state index contributed by atoms with van der Waals surface area (Å²) in [5, 5.41) is 9.45. The molecule has 0 fully saturated rings. The number of aliphatic hydroxyl groups is 1. The van der Waals surface area contributed by atoms with Crippen molar-refractivity contribution >= 4 is 11.9 Å². The first kappa shape index (κ1) is 35.4. The van der Waals surface area contributed by atoms with Crippen molar-refractivity contribution in [2.45, 2.75) is 155 Å². The highest BCUT2D eigenvalue weighted by atomic mass is 16.6. The first-order valence-corrected chi connectivity index (χ1v) is 15.4. The molecule has 0 aromatic heterocycles. The normalized spacial score (nSPS) is 12.4. The predicted octanol–water partition coefficient (Wildman–Crippen LogP) is 8.78. The molecule has 0 aromatic carbocycles. The second kappa shape index (κ2) is 28.9. The SMILES string of the molecule is CCCCCCCC/C=C/C/C=C/CCC(=O)OCC(CO)OC(=O)CCCCCCCCCCCC. The Morgan fingerprint density at radius 1 is 0.622 bits per heavy atom. The van der Waals surface area contributed by atoms with Gasteiger partial charge >= 0.3 is 11.9 Å². The van der Waals surface area contributed by atoms with Gasteiger partial charge in [-0.3, -0.25) is 9.59 Å². The molecule has 5 nitrogen and oxygen atoms in total. The van der Waals surface area contributed by atoms with Gasteiger partial charge in [-0.2, -0.15) is 0 Å². The highest BCUT2D eigenvalue weighted by Crippen LogP contribution is 2.12. The summed E-state index contributed by atoms with van der Waals surface area (Å²) in [7, 11) is 0. The van der Waals surface area contributed by atoms with E-state index in [-0.39, 0.29) is 31.6 Å². The van der Waals surface area contributed by atoms with Gasteiger partial charge in [0.25, 0.3) is 0 Å². The predicted molar refractivity (Wildman–Crippen MR) is 155 cm³/mol. The lowest BCUT2D eigenvalue weighted by atomic mass is 10.1. The van der Waals surface area contributed by atoms with Gasteiger partial charge in [0, 0.05) is 12.8 Å². The molecule has 0 aliphatic carbocycles. The van der Waals surface area contributed by atoms with E-state index in [2.05, 4.69) is 32.1 Å². The molecule has 0 spiro atoms. The van der Waals surface area contributed by atoms with Crippen LogP contribution in [-0.4, -0.2) is 36.4 Å². The summed E-state index contributed by atoms with van der Waals surface area (Å²) in [4.78, 5) is 23.9. The van der Waals surface area contributed by atoms with Crippen LogP contribution in [0.4, 0.5) is 0 Å². The monoisotopic (exact) mass is 522 g/mol. The Balaban J connectivity index is 3.69. The zero-order valence-corrected chi connectivity index (χ0v) is 24.2. The second-order valence-electron chi connectivity index (χ2n) is 10.2. The molecule has 0 rings (SSSR count). The quantitative estimate of drug-likeness (QED) is 0.0663. The van der Waals surface area contributed by atoms with Gasteiger partial charge in [0.1, 0.15) is 6.61 Å². The van der Waals surface area contributed by atoms with Crippen LogP contribution in [0.3, 0.4) is 0 Å². The summed E-state index contributed by atoms with van der Waals surface area (Å²) in [6, 6.07) is 0. The molecule has 0 saturated heterocycles. The molecule has 37 heavy (non-hydrogen) atoms. The number of allylic oxidation sites excluding steroid dienone is 4. The number of hydrogen-bond acceptors (Lipinski definition) is 5. The van der Waals surface area contributed by atoms with Crippen molar-refractivity contribution in [3.63, 3.8) is 0 Å². The average molecular weight is 523 g/mol. The lowest BCUT2D eigenvalue weighted by Gasteiger charge is -2.15. The minimum Gasteiger partial charge on any atom is -0.462 e. The smallest absolute Gasteiger partial charge is 0.306 e. The Bertz CT molecular complexity index is 570. The highest BCUT2D eigenvalue weighted by Gasteiger charge is 2.15. The Morgan fingerprint density at radius 3 is 1.70 bits per heavy atom. The fraction of sp³-hybridized carbons (Fsp3) is 0.812. The van der Waals surface area contributed by atoms with Crippen molar-refractivity contribution in [2.24, 2.45) is 0 Å². The van der Waals surface area contributed by atoms with Gasteiger partial charge in [0.2, 0.25) is 0 Å². The largest absolute Gasteiger partial charge is 0.462 e. The van der Waals surface area contributed by atoms with E-state index in [1.54, 1.807) is 0 Å². The minimum absolute atomic E-state index is 0.0933.